The van der Waals surface area contributed by atoms with Gasteiger partial charge in [-0.15, -0.1) is 0 Å². The highest BCUT2D eigenvalue weighted by molar-refractivity contribution is 5.76. The number of hydrogen-bond donors (Lipinski definition) is 1. The molecule has 3 rings (SSSR count). The molecule has 21 heavy (non-hydrogen) atoms. The summed E-state index contributed by atoms with van der Waals surface area (Å²) in [6.07, 6.45) is 6.67. The molecule has 2 aliphatic rings. The van der Waals surface area contributed by atoms with E-state index < -0.39 is 0 Å². The number of nitrogens with zero attached hydrogens (tertiary/aromatic N) is 1. The molecular formula is C18H26N2O. The second kappa shape index (κ2) is 7.08. The smallest absolute Gasteiger partial charge is 0.223 e. The van der Waals surface area contributed by atoms with Crippen molar-refractivity contribution in [3.8, 4) is 0 Å². The van der Waals surface area contributed by atoms with Crippen LogP contribution in [-0.2, 0) is 11.3 Å². The van der Waals surface area contributed by atoms with E-state index in [9.17, 15) is 4.79 Å². The quantitative estimate of drug-likeness (QED) is 0.872. The Bertz CT molecular complexity index is 450. The van der Waals surface area contributed by atoms with Crippen LogP contribution in [0.25, 0.3) is 0 Å². The zero-order chi connectivity index (χ0) is 14.5. The molecule has 0 radical (unpaired) electrons. The van der Waals surface area contributed by atoms with Crippen molar-refractivity contribution in [3.05, 3.63) is 35.9 Å². The minimum atomic E-state index is 0.354. The first-order valence-electron chi connectivity index (χ1n) is 8.37. The molecular weight excluding hydrogens is 260 g/mol. The standard InChI is InChI=1S/C18H26N2O/c21-18(11-8-15-7-4-12-19-13-15)20(17-9-10-17)14-16-5-2-1-3-6-16/h1-3,5-6,15,17,19H,4,7-14H2. The van der Waals surface area contributed by atoms with E-state index >= 15 is 0 Å². The first kappa shape index (κ1) is 14.6. The maximum Gasteiger partial charge on any atom is 0.223 e. The molecule has 1 saturated carbocycles. The maximum atomic E-state index is 12.6. The van der Waals surface area contributed by atoms with Gasteiger partial charge in [0.2, 0.25) is 5.91 Å². The molecule has 0 aromatic heterocycles. The third kappa shape index (κ3) is 4.31. The van der Waals surface area contributed by atoms with E-state index in [1.807, 2.05) is 6.07 Å². The van der Waals surface area contributed by atoms with E-state index in [4.69, 9.17) is 0 Å². The molecule has 1 aromatic carbocycles. The third-order valence-electron chi connectivity index (χ3n) is 4.67. The van der Waals surface area contributed by atoms with E-state index in [0.717, 1.165) is 32.5 Å². The molecule has 2 fully saturated rings. The molecule has 1 amide bonds. The summed E-state index contributed by atoms with van der Waals surface area (Å²) in [7, 11) is 0. The van der Waals surface area contributed by atoms with Crippen LogP contribution in [0.5, 0.6) is 0 Å². The summed E-state index contributed by atoms with van der Waals surface area (Å²) in [4.78, 5) is 14.7. The average Bonchev–Trinajstić information content (AvgIpc) is 3.37. The Kier molecular flexibility index (Phi) is 4.91. The van der Waals surface area contributed by atoms with Crippen LogP contribution in [0.15, 0.2) is 30.3 Å². The summed E-state index contributed by atoms with van der Waals surface area (Å²) < 4.78 is 0. The van der Waals surface area contributed by atoms with Crippen LogP contribution >= 0.6 is 0 Å². The molecule has 114 valence electrons. The molecule has 1 aliphatic heterocycles. The van der Waals surface area contributed by atoms with Crippen molar-refractivity contribution in [1.82, 2.24) is 10.2 Å². The lowest BCUT2D eigenvalue weighted by Crippen LogP contribution is -2.34. The van der Waals surface area contributed by atoms with Gasteiger partial charge >= 0.3 is 0 Å². The number of benzene rings is 1. The number of piperidine rings is 1. The molecule has 1 heterocycles. The normalized spacial score (nSPS) is 22.0. The molecule has 1 unspecified atom stereocenters. The Labute approximate surface area is 127 Å². The fraction of sp³-hybridized carbons (Fsp3) is 0.611. The van der Waals surface area contributed by atoms with Crippen molar-refractivity contribution in [2.75, 3.05) is 13.1 Å². The van der Waals surface area contributed by atoms with Crippen molar-refractivity contribution in [3.63, 3.8) is 0 Å². The van der Waals surface area contributed by atoms with Crippen molar-refractivity contribution < 1.29 is 4.79 Å². The van der Waals surface area contributed by atoms with Crippen LogP contribution in [0.1, 0.15) is 44.1 Å². The predicted octanol–water partition coefficient (Wildman–Crippen LogP) is 2.96. The highest BCUT2D eigenvalue weighted by Gasteiger charge is 2.32. The summed E-state index contributed by atoms with van der Waals surface area (Å²) in [6, 6.07) is 10.9. The van der Waals surface area contributed by atoms with E-state index in [1.165, 1.54) is 31.2 Å². The lowest BCUT2D eigenvalue weighted by atomic mass is 9.94. The Hall–Kier alpha value is -1.35. The fourth-order valence-corrected chi connectivity index (χ4v) is 3.23. The van der Waals surface area contributed by atoms with Gasteiger partial charge in [0.15, 0.2) is 0 Å². The van der Waals surface area contributed by atoms with Crippen LogP contribution in [0.2, 0.25) is 0 Å². The van der Waals surface area contributed by atoms with Crippen molar-refractivity contribution >= 4 is 5.91 Å². The Morgan fingerprint density at radius 2 is 2.00 bits per heavy atom. The molecule has 0 bridgehead atoms. The first-order chi connectivity index (χ1) is 10.3. The van der Waals surface area contributed by atoms with E-state index in [0.29, 0.717) is 17.9 Å². The highest BCUT2D eigenvalue weighted by Crippen LogP contribution is 2.29. The number of amides is 1. The van der Waals surface area contributed by atoms with Gasteiger partial charge in [0.05, 0.1) is 0 Å². The summed E-state index contributed by atoms with van der Waals surface area (Å²) in [5, 5.41) is 3.44. The molecule has 3 heteroatoms. The summed E-state index contributed by atoms with van der Waals surface area (Å²) in [6.45, 7) is 3.02. The average molecular weight is 286 g/mol. The second-order valence-electron chi connectivity index (χ2n) is 6.49. The van der Waals surface area contributed by atoms with Gasteiger partial charge in [-0.25, -0.2) is 0 Å². The van der Waals surface area contributed by atoms with Crippen molar-refractivity contribution in [1.29, 1.82) is 0 Å². The summed E-state index contributed by atoms with van der Waals surface area (Å²) in [5.74, 6) is 1.05. The number of hydrogen-bond acceptors (Lipinski definition) is 2. The SMILES string of the molecule is O=C(CCC1CCCNC1)N(Cc1ccccc1)C1CC1. The fourth-order valence-electron chi connectivity index (χ4n) is 3.23. The van der Waals surface area contributed by atoms with Gasteiger partial charge in [0, 0.05) is 19.0 Å². The van der Waals surface area contributed by atoms with Gasteiger partial charge in [-0.05, 0) is 56.7 Å². The molecule has 1 aliphatic carbocycles. The Balaban J connectivity index is 1.52. The topological polar surface area (TPSA) is 32.3 Å². The highest BCUT2D eigenvalue weighted by atomic mass is 16.2. The predicted molar refractivity (Wildman–Crippen MR) is 84.8 cm³/mol. The molecule has 3 nitrogen and oxygen atoms in total. The molecule has 1 N–H and O–H groups in total. The number of rotatable bonds is 6. The number of nitrogens with one attached hydrogen (secondary N) is 1. The van der Waals surface area contributed by atoms with Gasteiger partial charge in [0.1, 0.15) is 0 Å². The largest absolute Gasteiger partial charge is 0.335 e. The van der Waals surface area contributed by atoms with E-state index in [2.05, 4.69) is 34.5 Å². The van der Waals surface area contributed by atoms with Crippen LogP contribution in [0.4, 0.5) is 0 Å². The summed E-state index contributed by atoms with van der Waals surface area (Å²) >= 11 is 0. The van der Waals surface area contributed by atoms with Crippen LogP contribution in [0, 0.1) is 5.92 Å². The van der Waals surface area contributed by atoms with Crippen LogP contribution in [0.3, 0.4) is 0 Å². The van der Waals surface area contributed by atoms with Gasteiger partial charge in [-0.3, -0.25) is 4.79 Å². The minimum Gasteiger partial charge on any atom is -0.335 e. The molecule has 1 aromatic rings. The molecule has 1 saturated heterocycles. The van der Waals surface area contributed by atoms with E-state index in [1.54, 1.807) is 0 Å². The van der Waals surface area contributed by atoms with Gasteiger partial charge in [0.25, 0.3) is 0 Å². The van der Waals surface area contributed by atoms with Gasteiger partial charge in [-0.2, -0.15) is 0 Å². The van der Waals surface area contributed by atoms with Crippen molar-refractivity contribution in [2.45, 2.75) is 51.1 Å². The van der Waals surface area contributed by atoms with Crippen LogP contribution in [-0.4, -0.2) is 29.9 Å². The van der Waals surface area contributed by atoms with Crippen molar-refractivity contribution in [2.24, 2.45) is 5.92 Å². The lowest BCUT2D eigenvalue weighted by Gasteiger charge is -2.26. The maximum absolute atomic E-state index is 12.6. The zero-order valence-electron chi connectivity index (χ0n) is 12.8. The number of carbonyl (C=O) groups excluding carboxylic acids is 1. The second-order valence-corrected chi connectivity index (χ2v) is 6.49. The third-order valence-corrected chi connectivity index (χ3v) is 4.67. The first-order valence-corrected chi connectivity index (χ1v) is 8.37. The van der Waals surface area contributed by atoms with Gasteiger partial charge in [-0.1, -0.05) is 30.3 Å². The minimum absolute atomic E-state index is 0.354. The molecule has 1 atom stereocenters. The molecule has 0 spiro atoms. The zero-order valence-corrected chi connectivity index (χ0v) is 12.8. The summed E-state index contributed by atoms with van der Waals surface area (Å²) in [5.41, 5.74) is 1.25. The Morgan fingerprint density at radius 3 is 2.67 bits per heavy atom. The van der Waals surface area contributed by atoms with Crippen LogP contribution < -0.4 is 5.32 Å². The Morgan fingerprint density at radius 1 is 1.19 bits per heavy atom. The number of carbonyl (C=O) groups is 1. The van der Waals surface area contributed by atoms with E-state index in [-0.39, 0.29) is 0 Å². The van der Waals surface area contributed by atoms with Gasteiger partial charge < -0.3 is 10.2 Å². The monoisotopic (exact) mass is 286 g/mol. The lowest BCUT2D eigenvalue weighted by molar-refractivity contribution is -0.132.